The fraction of sp³-hybridized carbons (Fsp3) is 0.500. The number of piperidine rings is 1. The quantitative estimate of drug-likeness (QED) is 0.784. The molecule has 2 rings (SSSR count). The molecular weight excluding hydrogens is 234 g/mol. The number of nitrogens with zero attached hydrogens (tertiary/aromatic N) is 1. The van der Waals surface area contributed by atoms with Crippen molar-refractivity contribution in [3.05, 3.63) is 34.9 Å². The summed E-state index contributed by atoms with van der Waals surface area (Å²) in [6.07, 6.45) is 4.51. The smallest absolute Gasteiger partial charge is 0.254 e. The van der Waals surface area contributed by atoms with Crippen LogP contribution >= 0.6 is 11.6 Å². The molecule has 0 bridgehead atoms. The van der Waals surface area contributed by atoms with Crippen molar-refractivity contribution in [3.63, 3.8) is 0 Å². The fourth-order valence-electron chi connectivity index (χ4n) is 2.48. The first-order valence-corrected chi connectivity index (χ1v) is 6.66. The van der Waals surface area contributed by atoms with E-state index in [-0.39, 0.29) is 5.91 Å². The first kappa shape index (κ1) is 12.4. The highest BCUT2D eigenvalue weighted by Crippen LogP contribution is 2.22. The van der Waals surface area contributed by atoms with E-state index in [9.17, 15) is 4.79 Å². The number of amides is 1. The Morgan fingerprint density at radius 1 is 1.47 bits per heavy atom. The lowest BCUT2D eigenvalue weighted by Gasteiger charge is -2.35. The van der Waals surface area contributed by atoms with Crippen LogP contribution in [0.2, 0.25) is 5.02 Å². The summed E-state index contributed by atoms with van der Waals surface area (Å²) < 4.78 is 0. The molecule has 0 N–H and O–H groups in total. The Morgan fingerprint density at radius 3 is 3.00 bits per heavy atom. The minimum absolute atomic E-state index is 0.124. The van der Waals surface area contributed by atoms with Gasteiger partial charge in [0.2, 0.25) is 0 Å². The number of hydrogen-bond donors (Lipinski definition) is 0. The van der Waals surface area contributed by atoms with E-state index < -0.39 is 0 Å². The van der Waals surface area contributed by atoms with Crippen LogP contribution in [0.25, 0.3) is 0 Å². The molecule has 17 heavy (non-hydrogen) atoms. The summed E-state index contributed by atoms with van der Waals surface area (Å²) in [5, 5.41) is 0.626. The number of likely N-dealkylation sites (tertiary alicyclic amines) is 1. The SMILES string of the molecule is CC[C@@H]1CCCCN1C(=O)c1cccc(Cl)c1. The van der Waals surface area contributed by atoms with Crippen LogP contribution in [0.3, 0.4) is 0 Å². The predicted molar refractivity (Wildman–Crippen MR) is 70.4 cm³/mol. The van der Waals surface area contributed by atoms with Crippen molar-refractivity contribution in [1.29, 1.82) is 0 Å². The Kier molecular flexibility index (Phi) is 4.06. The molecule has 0 saturated carbocycles. The Balaban J connectivity index is 2.18. The van der Waals surface area contributed by atoms with Gasteiger partial charge in [0.05, 0.1) is 0 Å². The van der Waals surface area contributed by atoms with E-state index in [1.807, 2.05) is 17.0 Å². The van der Waals surface area contributed by atoms with Gasteiger partial charge in [-0.1, -0.05) is 24.6 Å². The zero-order valence-corrected chi connectivity index (χ0v) is 10.9. The summed E-state index contributed by atoms with van der Waals surface area (Å²) in [4.78, 5) is 14.4. The molecular formula is C14H18ClNO. The van der Waals surface area contributed by atoms with E-state index >= 15 is 0 Å². The highest BCUT2D eigenvalue weighted by atomic mass is 35.5. The first-order valence-electron chi connectivity index (χ1n) is 6.29. The van der Waals surface area contributed by atoms with Crippen molar-refractivity contribution in [2.45, 2.75) is 38.6 Å². The van der Waals surface area contributed by atoms with E-state index in [4.69, 9.17) is 11.6 Å². The lowest BCUT2D eigenvalue weighted by Crippen LogP contribution is -2.43. The lowest BCUT2D eigenvalue weighted by molar-refractivity contribution is 0.0608. The third-order valence-corrected chi connectivity index (χ3v) is 3.67. The topological polar surface area (TPSA) is 20.3 Å². The van der Waals surface area contributed by atoms with Gasteiger partial charge in [0.25, 0.3) is 5.91 Å². The second-order valence-corrected chi connectivity index (χ2v) is 5.00. The molecule has 1 saturated heterocycles. The van der Waals surface area contributed by atoms with Crippen LogP contribution in [0, 0.1) is 0 Å². The Hall–Kier alpha value is -1.02. The molecule has 1 aliphatic heterocycles. The van der Waals surface area contributed by atoms with Crippen molar-refractivity contribution in [1.82, 2.24) is 4.90 Å². The summed E-state index contributed by atoms with van der Waals surface area (Å²) in [5.74, 6) is 0.124. The summed E-state index contributed by atoms with van der Waals surface area (Å²) in [5.41, 5.74) is 0.706. The average molecular weight is 252 g/mol. The van der Waals surface area contributed by atoms with Crippen LogP contribution in [-0.2, 0) is 0 Å². The van der Waals surface area contributed by atoms with Crippen LogP contribution in [0.15, 0.2) is 24.3 Å². The van der Waals surface area contributed by atoms with Gasteiger partial charge in [-0.2, -0.15) is 0 Å². The van der Waals surface area contributed by atoms with Gasteiger partial charge in [0.1, 0.15) is 0 Å². The average Bonchev–Trinajstić information content (AvgIpc) is 2.38. The van der Waals surface area contributed by atoms with Crippen LogP contribution in [0.1, 0.15) is 43.0 Å². The zero-order chi connectivity index (χ0) is 12.3. The van der Waals surface area contributed by atoms with Crippen LogP contribution in [0.5, 0.6) is 0 Å². The number of rotatable bonds is 2. The Labute approximate surface area is 108 Å². The molecule has 1 aromatic rings. The summed E-state index contributed by atoms with van der Waals surface area (Å²) >= 11 is 5.93. The fourth-order valence-corrected chi connectivity index (χ4v) is 2.67. The van der Waals surface area contributed by atoms with Gasteiger partial charge in [-0.15, -0.1) is 0 Å². The van der Waals surface area contributed by atoms with E-state index in [1.54, 1.807) is 12.1 Å². The first-order chi connectivity index (χ1) is 8.22. The third-order valence-electron chi connectivity index (χ3n) is 3.43. The van der Waals surface area contributed by atoms with Gasteiger partial charge in [-0.05, 0) is 43.9 Å². The van der Waals surface area contributed by atoms with E-state index in [1.165, 1.54) is 6.42 Å². The van der Waals surface area contributed by atoms with Crippen molar-refractivity contribution in [3.8, 4) is 0 Å². The predicted octanol–water partition coefficient (Wildman–Crippen LogP) is 3.74. The molecule has 1 atom stereocenters. The van der Waals surface area contributed by atoms with Gasteiger partial charge < -0.3 is 4.90 Å². The van der Waals surface area contributed by atoms with Gasteiger partial charge in [-0.25, -0.2) is 0 Å². The second kappa shape index (κ2) is 5.54. The molecule has 1 fully saturated rings. The minimum atomic E-state index is 0.124. The molecule has 1 aromatic carbocycles. The van der Waals surface area contributed by atoms with Crippen molar-refractivity contribution >= 4 is 17.5 Å². The summed E-state index contributed by atoms with van der Waals surface area (Å²) in [6, 6.07) is 7.63. The van der Waals surface area contributed by atoms with E-state index in [2.05, 4.69) is 6.92 Å². The van der Waals surface area contributed by atoms with Gasteiger partial charge >= 0.3 is 0 Å². The van der Waals surface area contributed by atoms with E-state index in [0.29, 0.717) is 16.6 Å². The van der Waals surface area contributed by atoms with Crippen molar-refractivity contribution < 1.29 is 4.79 Å². The maximum atomic E-state index is 12.4. The molecule has 1 heterocycles. The molecule has 0 spiro atoms. The number of carbonyl (C=O) groups is 1. The molecule has 3 heteroatoms. The van der Waals surface area contributed by atoms with E-state index in [0.717, 1.165) is 25.8 Å². The molecule has 0 aromatic heterocycles. The largest absolute Gasteiger partial charge is 0.336 e. The van der Waals surface area contributed by atoms with Crippen LogP contribution < -0.4 is 0 Å². The number of benzene rings is 1. The standard InChI is InChI=1S/C14H18ClNO/c1-2-13-8-3-4-9-16(13)14(17)11-6-5-7-12(15)10-11/h5-7,10,13H,2-4,8-9H2,1H3/t13-/m1/s1. The second-order valence-electron chi connectivity index (χ2n) is 4.57. The normalized spacial score (nSPS) is 20.4. The maximum absolute atomic E-state index is 12.4. The van der Waals surface area contributed by atoms with Gasteiger partial charge in [0, 0.05) is 23.2 Å². The van der Waals surface area contributed by atoms with Gasteiger partial charge in [0.15, 0.2) is 0 Å². The summed E-state index contributed by atoms with van der Waals surface area (Å²) in [7, 11) is 0. The van der Waals surface area contributed by atoms with Crippen LogP contribution in [0.4, 0.5) is 0 Å². The van der Waals surface area contributed by atoms with Gasteiger partial charge in [-0.3, -0.25) is 4.79 Å². The summed E-state index contributed by atoms with van der Waals surface area (Å²) in [6.45, 7) is 3.03. The number of halogens is 1. The number of hydrogen-bond acceptors (Lipinski definition) is 1. The third kappa shape index (κ3) is 2.81. The highest BCUT2D eigenvalue weighted by molar-refractivity contribution is 6.30. The Morgan fingerprint density at radius 2 is 2.29 bits per heavy atom. The van der Waals surface area contributed by atoms with Crippen molar-refractivity contribution in [2.24, 2.45) is 0 Å². The molecule has 0 radical (unpaired) electrons. The van der Waals surface area contributed by atoms with Crippen molar-refractivity contribution in [2.75, 3.05) is 6.54 Å². The Bertz CT molecular complexity index is 405. The molecule has 1 amide bonds. The molecule has 0 aliphatic carbocycles. The molecule has 0 unspecified atom stereocenters. The zero-order valence-electron chi connectivity index (χ0n) is 10.2. The maximum Gasteiger partial charge on any atom is 0.254 e. The van der Waals surface area contributed by atoms with Crippen LogP contribution in [-0.4, -0.2) is 23.4 Å². The monoisotopic (exact) mass is 251 g/mol. The minimum Gasteiger partial charge on any atom is -0.336 e. The molecule has 1 aliphatic rings. The molecule has 92 valence electrons. The lowest BCUT2D eigenvalue weighted by atomic mass is 9.99. The number of carbonyl (C=O) groups excluding carboxylic acids is 1. The highest BCUT2D eigenvalue weighted by Gasteiger charge is 2.25. The molecule has 2 nitrogen and oxygen atoms in total.